The van der Waals surface area contributed by atoms with Crippen molar-refractivity contribution >= 4 is 47.5 Å². The number of rotatable bonds is 8. The smallest absolute Gasteiger partial charge is 0.543 e. The first-order valence-corrected chi connectivity index (χ1v) is 12.6. The van der Waals surface area contributed by atoms with Crippen LogP contribution in [0.2, 0.25) is 0 Å². The topological polar surface area (TPSA) is 165 Å². The van der Waals surface area contributed by atoms with Crippen molar-refractivity contribution in [3.8, 4) is 0 Å². The molecule has 1 aromatic rings. The van der Waals surface area contributed by atoms with E-state index in [9.17, 15) is 33.9 Å². The molecule has 12 nitrogen and oxygen atoms in total. The number of carboxylic acid groups (broad SMARTS) is 1. The minimum atomic E-state index is -1.60. The monoisotopic (exact) mass is 566 g/mol. The predicted molar refractivity (Wildman–Crippen MR) is 134 cm³/mol. The van der Waals surface area contributed by atoms with E-state index in [0.29, 0.717) is 11.1 Å². The van der Waals surface area contributed by atoms with Gasteiger partial charge in [-0.15, -0.1) is 11.8 Å². The number of thioether (sulfide) groups is 1. The van der Waals surface area contributed by atoms with Crippen LogP contribution in [0, 0.1) is 0 Å². The molecule has 1 fully saturated rings. The van der Waals surface area contributed by atoms with E-state index in [4.69, 9.17) is 4.74 Å². The summed E-state index contributed by atoms with van der Waals surface area (Å²) in [7, 11) is 1.28. The maximum atomic E-state index is 13.3. The summed E-state index contributed by atoms with van der Waals surface area (Å²) < 4.78 is 4.89. The number of nitrogens with zero attached hydrogens (tertiary/aromatic N) is 2. The zero-order valence-electron chi connectivity index (χ0n) is 22.2. The molecule has 202 valence electrons. The Balaban J connectivity index is 0.00000533. The molecule has 2 N–H and O–H groups in total. The van der Waals surface area contributed by atoms with Gasteiger partial charge in [0.25, 0.3) is 11.8 Å². The number of ether oxygens (including phenoxy) is 1. The van der Waals surface area contributed by atoms with Gasteiger partial charge in [-0.2, -0.15) is 0 Å². The van der Waals surface area contributed by atoms with Gasteiger partial charge in [0.1, 0.15) is 24.1 Å². The van der Waals surface area contributed by atoms with E-state index < -0.39 is 58.8 Å². The number of carbonyl (C=O) groups excluding carboxylic acids is 6. The summed E-state index contributed by atoms with van der Waals surface area (Å²) >= 11 is 1.19. The van der Waals surface area contributed by atoms with Crippen LogP contribution in [-0.4, -0.2) is 76.3 Å². The fourth-order valence-electron chi connectivity index (χ4n) is 3.85. The van der Waals surface area contributed by atoms with Gasteiger partial charge in [-0.3, -0.25) is 29.0 Å². The maximum absolute atomic E-state index is 13.3. The number of hydrogen-bond acceptors (Lipinski definition) is 9. The van der Waals surface area contributed by atoms with Gasteiger partial charge >= 0.3 is 41.6 Å². The SMILES string of the molecule is C/C=C(\C)C(=O)N(C)C(=O)NC(C(=O)NC1C(=O)N2C(C(=O)[O-])=C(COC(C)=O)CS[C@H]12)c1ccccc1.[Na+]. The molecule has 1 aromatic carbocycles. The second kappa shape index (κ2) is 13.8. The van der Waals surface area contributed by atoms with Gasteiger partial charge in [0.15, 0.2) is 0 Å². The van der Waals surface area contributed by atoms with Crippen LogP contribution in [-0.2, 0) is 28.7 Å². The summed E-state index contributed by atoms with van der Waals surface area (Å²) in [6.07, 6.45) is 1.55. The summed E-state index contributed by atoms with van der Waals surface area (Å²) in [5, 5.41) is 16.2. The molecule has 0 saturated carbocycles. The number of fused-ring (bicyclic) bond motifs is 1. The Morgan fingerprint density at radius 3 is 2.41 bits per heavy atom. The molecule has 0 spiro atoms. The first-order valence-electron chi connectivity index (χ1n) is 11.6. The third-order valence-corrected chi connectivity index (χ3v) is 7.37. The standard InChI is InChI=1S/C25H28N4O8S.Na/c1-5-13(2)21(32)28(4)25(36)27-17(15-9-7-6-8-10-15)20(31)26-18-22(33)29-19(24(34)35)16(11-37-14(3)30)12-38-23(18)29;/h5-10,17-18,23H,11-12H2,1-4H3,(H,26,31)(H,27,36)(H,34,35);/q;+1/p-1/b13-5+;/t17?,18?,23-;/m1./s1. The van der Waals surface area contributed by atoms with E-state index in [1.807, 2.05) is 0 Å². The van der Waals surface area contributed by atoms with E-state index >= 15 is 0 Å². The Kier molecular flexibility index (Phi) is 11.3. The zero-order valence-corrected chi connectivity index (χ0v) is 25.0. The van der Waals surface area contributed by atoms with Gasteiger partial charge in [0.05, 0.1) is 11.7 Å². The second-order valence-electron chi connectivity index (χ2n) is 8.54. The van der Waals surface area contributed by atoms with E-state index in [-0.39, 0.29) is 47.5 Å². The van der Waals surface area contributed by atoms with Crippen LogP contribution < -0.4 is 45.3 Å². The zero-order chi connectivity index (χ0) is 28.1. The molecule has 0 bridgehead atoms. The van der Waals surface area contributed by atoms with Gasteiger partial charge in [-0.1, -0.05) is 36.4 Å². The number of imide groups is 1. The van der Waals surface area contributed by atoms with Crippen LogP contribution >= 0.6 is 11.8 Å². The number of carbonyl (C=O) groups is 6. The van der Waals surface area contributed by atoms with Crippen LogP contribution in [0.5, 0.6) is 0 Å². The van der Waals surface area contributed by atoms with Crippen molar-refractivity contribution in [2.24, 2.45) is 0 Å². The molecule has 2 heterocycles. The molecule has 2 aliphatic rings. The number of carboxylic acids is 1. The molecular formula is C25H27N4NaO8S. The molecule has 0 aliphatic carbocycles. The largest absolute Gasteiger partial charge is 1.00 e. The van der Waals surface area contributed by atoms with Crippen molar-refractivity contribution in [3.63, 3.8) is 0 Å². The number of esters is 1. The van der Waals surface area contributed by atoms with Crippen molar-refractivity contribution in [3.05, 3.63) is 58.8 Å². The minimum absolute atomic E-state index is 0. The molecular weight excluding hydrogens is 539 g/mol. The Morgan fingerprint density at radius 2 is 1.85 bits per heavy atom. The fraction of sp³-hybridized carbons (Fsp3) is 0.360. The fourth-order valence-corrected chi connectivity index (χ4v) is 5.18. The van der Waals surface area contributed by atoms with Gasteiger partial charge in [0.2, 0.25) is 5.91 Å². The summed E-state index contributed by atoms with van der Waals surface area (Å²) in [6, 6.07) is 5.09. The number of β-lactam (4-membered cyclic amide) rings is 1. The van der Waals surface area contributed by atoms with Crippen LogP contribution in [0.15, 0.2) is 53.3 Å². The van der Waals surface area contributed by atoms with Gasteiger partial charge in [0, 0.05) is 30.9 Å². The third kappa shape index (κ3) is 7.10. The van der Waals surface area contributed by atoms with Crippen molar-refractivity contribution in [2.75, 3.05) is 19.4 Å². The molecule has 0 aromatic heterocycles. The minimum Gasteiger partial charge on any atom is -0.543 e. The number of allylic oxidation sites excluding steroid dienone is 1. The third-order valence-electron chi connectivity index (χ3n) is 6.03. The predicted octanol–water partition coefficient (Wildman–Crippen LogP) is -3.17. The average molecular weight is 567 g/mol. The van der Waals surface area contributed by atoms with Crippen molar-refractivity contribution in [2.45, 2.75) is 38.2 Å². The Bertz CT molecular complexity index is 1240. The Hall–Kier alpha value is -3.13. The summed E-state index contributed by atoms with van der Waals surface area (Å²) in [6.45, 7) is 4.08. The van der Waals surface area contributed by atoms with Crippen LogP contribution in [0.25, 0.3) is 0 Å². The number of amides is 5. The molecule has 3 rings (SSSR count). The summed E-state index contributed by atoms with van der Waals surface area (Å²) in [4.78, 5) is 76.2. The second-order valence-corrected chi connectivity index (χ2v) is 9.65. The quantitative estimate of drug-likeness (QED) is 0.143. The van der Waals surface area contributed by atoms with Crippen molar-refractivity contribution in [1.29, 1.82) is 0 Å². The maximum Gasteiger partial charge on any atom is 1.00 e. The van der Waals surface area contributed by atoms with Crippen LogP contribution in [0.1, 0.15) is 32.4 Å². The molecule has 3 atom stereocenters. The number of benzene rings is 1. The number of likely N-dealkylation sites (N-methyl/N-ethyl adjacent to an activating group) is 1. The molecule has 14 heteroatoms. The summed E-state index contributed by atoms with van der Waals surface area (Å²) in [5.74, 6) is -4.04. The van der Waals surface area contributed by atoms with Crippen molar-refractivity contribution in [1.82, 2.24) is 20.4 Å². The first kappa shape index (κ1) is 32.1. The van der Waals surface area contributed by atoms with Crippen molar-refractivity contribution < 1.29 is 68.2 Å². The molecule has 1 saturated heterocycles. The van der Waals surface area contributed by atoms with Gasteiger partial charge < -0.3 is 25.3 Å². The van der Waals surface area contributed by atoms with E-state index in [1.54, 1.807) is 50.3 Å². The average Bonchev–Trinajstić information content (AvgIpc) is 2.91. The number of nitrogens with one attached hydrogen (secondary N) is 2. The molecule has 0 radical (unpaired) electrons. The van der Waals surface area contributed by atoms with Gasteiger partial charge in [-0.25, -0.2) is 4.79 Å². The Labute approximate surface area is 251 Å². The van der Waals surface area contributed by atoms with E-state index in [1.165, 1.54) is 25.7 Å². The van der Waals surface area contributed by atoms with E-state index in [2.05, 4.69) is 10.6 Å². The number of aliphatic carboxylic acids is 1. The van der Waals surface area contributed by atoms with Crippen LogP contribution in [0.3, 0.4) is 0 Å². The van der Waals surface area contributed by atoms with Crippen LogP contribution in [0.4, 0.5) is 4.79 Å². The number of urea groups is 1. The Morgan fingerprint density at radius 1 is 1.21 bits per heavy atom. The molecule has 2 aliphatic heterocycles. The van der Waals surface area contributed by atoms with Gasteiger partial charge in [-0.05, 0) is 19.4 Å². The van der Waals surface area contributed by atoms with E-state index in [0.717, 1.165) is 9.80 Å². The molecule has 39 heavy (non-hydrogen) atoms. The molecule has 2 unspecified atom stereocenters. The molecule has 5 amide bonds. The number of hydrogen-bond donors (Lipinski definition) is 2. The normalized spacial score (nSPS) is 19.0. The first-order chi connectivity index (χ1) is 18.0. The summed E-state index contributed by atoms with van der Waals surface area (Å²) in [5.41, 5.74) is 0.555.